The summed E-state index contributed by atoms with van der Waals surface area (Å²) in [4.78, 5) is 8.37. The van der Waals surface area contributed by atoms with Gasteiger partial charge in [-0.2, -0.15) is 0 Å². The minimum absolute atomic E-state index is 0.378. The molecule has 108 valence electrons. The van der Waals surface area contributed by atoms with Gasteiger partial charge >= 0.3 is 0 Å². The maximum Gasteiger partial charge on any atom is 0.185 e. The molecular formula is C14H25N3OS. The molecule has 4 nitrogen and oxygen atoms in total. The summed E-state index contributed by atoms with van der Waals surface area (Å²) in [5.74, 6) is 0.744. The highest BCUT2D eigenvalue weighted by Crippen LogP contribution is 2.31. The van der Waals surface area contributed by atoms with Gasteiger partial charge in [-0.15, -0.1) is 11.3 Å². The van der Waals surface area contributed by atoms with Gasteiger partial charge in [0.1, 0.15) is 0 Å². The van der Waals surface area contributed by atoms with Gasteiger partial charge in [-0.05, 0) is 39.7 Å². The Balaban J connectivity index is 2.00. The fourth-order valence-corrected chi connectivity index (χ4v) is 3.58. The second kappa shape index (κ2) is 6.68. The first-order valence-corrected chi connectivity index (χ1v) is 7.87. The Morgan fingerprint density at radius 1 is 1.47 bits per heavy atom. The molecule has 1 unspecified atom stereocenters. The Morgan fingerprint density at radius 2 is 2.16 bits per heavy atom. The van der Waals surface area contributed by atoms with Crippen molar-refractivity contribution in [2.45, 2.75) is 32.7 Å². The maximum absolute atomic E-state index is 5.42. The lowest BCUT2D eigenvalue weighted by atomic mass is 10.0. The topological polar surface area (TPSA) is 37.4 Å². The van der Waals surface area contributed by atoms with Crippen molar-refractivity contribution >= 4 is 16.5 Å². The summed E-state index contributed by atoms with van der Waals surface area (Å²) in [6, 6.07) is 0.378. The summed E-state index contributed by atoms with van der Waals surface area (Å²) < 4.78 is 5.42. The molecule has 0 bridgehead atoms. The van der Waals surface area contributed by atoms with Gasteiger partial charge in [0.2, 0.25) is 0 Å². The molecule has 1 aliphatic heterocycles. The Kier molecular flexibility index (Phi) is 5.19. The molecule has 0 aliphatic carbocycles. The van der Waals surface area contributed by atoms with Crippen molar-refractivity contribution in [2.75, 3.05) is 38.8 Å². The second-order valence-corrected chi connectivity index (χ2v) is 6.40. The summed E-state index contributed by atoms with van der Waals surface area (Å²) in [7, 11) is 4.15. The van der Waals surface area contributed by atoms with Crippen LogP contribution >= 0.6 is 11.3 Å². The Morgan fingerprint density at radius 3 is 2.79 bits per heavy atom. The van der Waals surface area contributed by atoms with Crippen LogP contribution in [0, 0.1) is 12.8 Å². The van der Waals surface area contributed by atoms with Gasteiger partial charge in [-0.3, -0.25) is 0 Å². The monoisotopic (exact) mass is 283 g/mol. The lowest BCUT2D eigenvalue weighted by Gasteiger charge is -2.26. The third-order valence-corrected chi connectivity index (χ3v) is 5.30. The van der Waals surface area contributed by atoms with Gasteiger partial charge in [0.15, 0.2) is 5.13 Å². The van der Waals surface area contributed by atoms with E-state index in [1.807, 2.05) is 18.4 Å². The van der Waals surface area contributed by atoms with Crippen molar-refractivity contribution < 1.29 is 4.74 Å². The number of aromatic nitrogens is 1. The number of hydrogen-bond acceptors (Lipinski definition) is 5. The molecule has 0 amide bonds. The highest BCUT2D eigenvalue weighted by molar-refractivity contribution is 7.15. The number of hydrogen-bond donors (Lipinski definition) is 1. The van der Waals surface area contributed by atoms with Gasteiger partial charge in [0, 0.05) is 37.7 Å². The van der Waals surface area contributed by atoms with Crippen molar-refractivity contribution in [3.05, 3.63) is 10.6 Å². The summed E-state index contributed by atoms with van der Waals surface area (Å²) in [5, 5.41) is 4.43. The SMILES string of the molecule is CNC(C)c1sc(N(C)CC2CCOCC2)nc1C. The molecule has 2 rings (SSSR count). The number of nitrogens with one attached hydrogen (secondary N) is 1. The Bertz CT molecular complexity index is 401. The first kappa shape index (κ1) is 14.8. The number of nitrogens with zero attached hydrogens (tertiary/aromatic N) is 2. The van der Waals surface area contributed by atoms with Gasteiger partial charge in [0.05, 0.1) is 5.69 Å². The molecule has 2 heterocycles. The fraction of sp³-hybridized carbons (Fsp3) is 0.786. The summed E-state index contributed by atoms with van der Waals surface area (Å²) >= 11 is 1.81. The first-order valence-electron chi connectivity index (χ1n) is 7.05. The van der Waals surface area contributed by atoms with E-state index in [9.17, 15) is 0 Å². The van der Waals surface area contributed by atoms with E-state index in [-0.39, 0.29) is 0 Å². The minimum Gasteiger partial charge on any atom is -0.381 e. The van der Waals surface area contributed by atoms with Crippen LogP contribution in [0.15, 0.2) is 0 Å². The summed E-state index contributed by atoms with van der Waals surface area (Å²) in [5.41, 5.74) is 1.15. The molecule has 1 fully saturated rings. The zero-order chi connectivity index (χ0) is 13.8. The third kappa shape index (κ3) is 3.68. The van der Waals surface area contributed by atoms with Crippen LogP contribution in [0.5, 0.6) is 0 Å². The largest absolute Gasteiger partial charge is 0.381 e. The number of thiazole rings is 1. The van der Waals surface area contributed by atoms with E-state index in [4.69, 9.17) is 9.72 Å². The average Bonchev–Trinajstić information content (AvgIpc) is 2.81. The quantitative estimate of drug-likeness (QED) is 0.901. The van der Waals surface area contributed by atoms with Crippen molar-refractivity contribution in [1.29, 1.82) is 0 Å². The number of aryl methyl sites for hydroxylation is 1. The van der Waals surface area contributed by atoms with Gasteiger partial charge in [0.25, 0.3) is 0 Å². The molecule has 1 saturated heterocycles. The van der Waals surface area contributed by atoms with E-state index in [1.54, 1.807) is 0 Å². The van der Waals surface area contributed by atoms with Gasteiger partial charge < -0.3 is 15.0 Å². The predicted octanol–water partition coefficient (Wildman–Crippen LogP) is 2.59. The number of ether oxygens (including phenoxy) is 1. The zero-order valence-corrected chi connectivity index (χ0v) is 13.2. The molecule has 0 aromatic carbocycles. The van der Waals surface area contributed by atoms with Crippen LogP contribution in [0.1, 0.15) is 36.4 Å². The standard InChI is InChI=1S/C14H25N3OS/c1-10(15-3)13-11(2)16-14(19-13)17(4)9-12-5-7-18-8-6-12/h10,12,15H,5-9H2,1-4H3. The molecule has 19 heavy (non-hydrogen) atoms. The van der Waals surface area contributed by atoms with Gasteiger partial charge in [-0.25, -0.2) is 4.98 Å². The summed E-state index contributed by atoms with van der Waals surface area (Å²) in [6.45, 7) is 7.20. The third-order valence-electron chi connectivity index (χ3n) is 3.85. The smallest absolute Gasteiger partial charge is 0.185 e. The van der Waals surface area contributed by atoms with E-state index >= 15 is 0 Å². The van der Waals surface area contributed by atoms with Crippen molar-refractivity contribution in [1.82, 2.24) is 10.3 Å². The molecule has 5 heteroatoms. The molecule has 1 N–H and O–H groups in total. The molecule has 1 aromatic heterocycles. The first-order chi connectivity index (χ1) is 9.11. The lowest BCUT2D eigenvalue weighted by molar-refractivity contribution is 0.0685. The van der Waals surface area contributed by atoms with Gasteiger partial charge in [-0.1, -0.05) is 0 Å². The lowest BCUT2D eigenvalue weighted by Crippen LogP contribution is -2.29. The zero-order valence-electron chi connectivity index (χ0n) is 12.4. The van der Waals surface area contributed by atoms with E-state index in [1.165, 1.54) is 17.7 Å². The van der Waals surface area contributed by atoms with Crippen molar-refractivity contribution in [3.8, 4) is 0 Å². The molecule has 1 aromatic rings. The summed E-state index contributed by atoms with van der Waals surface area (Å²) in [6.07, 6.45) is 2.35. The average molecular weight is 283 g/mol. The van der Waals surface area contributed by atoms with Crippen LogP contribution in [-0.2, 0) is 4.74 Å². The molecule has 0 saturated carbocycles. The molecule has 0 radical (unpaired) electrons. The van der Waals surface area contributed by atoms with Crippen LogP contribution in [0.3, 0.4) is 0 Å². The fourth-order valence-electron chi connectivity index (χ4n) is 2.48. The van der Waals surface area contributed by atoms with E-state index < -0.39 is 0 Å². The maximum atomic E-state index is 5.42. The minimum atomic E-state index is 0.378. The Labute approximate surface area is 120 Å². The molecule has 0 spiro atoms. The Hall–Kier alpha value is -0.650. The van der Waals surface area contributed by atoms with Crippen LogP contribution in [0.25, 0.3) is 0 Å². The van der Waals surface area contributed by atoms with E-state index in [0.717, 1.165) is 36.5 Å². The molecular weight excluding hydrogens is 258 g/mol. The number of rotatable bonds is 5. The van der Waals surface area contributed by atoms with E-state index in [0.29, 0.717) is 6.04 Å². The van der Waals surface area contributed by atoms with Crippen LogP contribution in [0.4, 0.5) is 5.13 Å². The predicted molar refractivity (Wildman–Crippen MR) is 81.1 cm³/mol. The van der Waals surface area contributed by atoms with Crippen molar-refractivity contribution in [3.63, 3.8) is 0 Å². The normalized spacial score (nSPS) is 18.5. The second-order valence-electron chi connectivity index (χ2n) is 5.39. The van der Waals surface area contributed by atoms with E-state index in [2.05, 4.69) is 31.1 Å². The molecule has 1 aliphatic rings. The van der Waals surface area contributed by atoms with Crippen molar-refractivity contribution in [2.24, 2.45) is 5.92 Å². The molecule has 1 atom stereocenters. The van der Waals surface area contributed by atoms with Crippen LogP contribution in [-0.4, -0.2) is 38.8 Å². The number of anilines is 1. The highest BCUT2D eigenvalue weighted by atomic mass is 32.1. The van der Waals surface area contributed by atoms with Crippen LogP contribution < -0.4 is 10.2 Å². The van der Waals surface area contributed by atoms with Crippen LogP contribution in [0.2, 0.25) is 0 Å². The highest BCUT2D eigenvalue weighted by Gasteiger charge is 2.19.